The number of carbonyl (C=O) groups is 4. The quantitative estimate of drug-likeness (QED) is 0.196. The van der Waals surface area contributed by atoms with Crippen LogP contribution in [0.25, 0.3) is 0 Å². The summed E-state index contributed by atoms with van der Waals surface area (Å²) in [6.45, 7) is 9.35. The molecule has 11 nitrogen and oxygen atoms in total. The minimum Gasteiger partial charge on any atom is -0.462 e. The summed E-state index contributed by atoms with van der Waals surface area (Å²) in [5.41, 5.74) is 6.58. The van der Waals surface area contributed by atoms with Crippen LogP contribution in [-0.2, 0) is 35.0 Å². The zero-order valence-electron chi connectivity index (χ0n) is 24.1. The molecule has 0 bridgehead atoms. The third-order valence-electron chi connectivity index (χ3n) is 5.94. The molecule has 1 aromatic rings. The van der Waals surface area contributed by atoms with Gasteiger partial charge in [-0.15, -0.1) is 0 Å². The molecule has 0 unspecified atom stereocenters. The molecular weight excluding hydrogens is 522 g/mol. The van der Waals surface area contributed by atoms with E-state index in [-0.39, 0.29) is 61.5 Å². The molecular formula is C29H43NO10. The van der Waals surface area contributed by atoms with Gasteiger partial charge in [-0.05, 0) is 55.7 Å². The molecule has 0 saturated heterocycles. The Hall–Kier alpha value is -3.34. The molecule has 1 fully saturated rings. The first-order valence-corrected chi connectivity index (χ1v) is 13.9. The Bertz CT molecular complexity index is 987. The van der Waals surface area contributed by atoms with Crippen LogP contribution >= 0.6 is 0 Å². The number of benzene rings is 1. The standard InChI is InChI=1S/C29H43NO10/c1-18(2)15-36-28(33)39-24-12-11-21(14-25(24)40-29(34)37-16-19(3)4)13-23(30)27(32)38-20(5)17-35-26(31)22-9-7-6-8-10-22/h11-12,14,18-20,22-23H,6-10,13,15-17,30H2,1-5H3/t20-,23-/m0/s1. The molecule has 0 aromatic heterocycles. The lowest BCUT2D eigenvalue weighted by Gasteiger charge is -2.22. The maximum atomic E-state index is 12.6. The second-order valence-corrected chi connectivity index (χ2v) is 10.9. The molecule has 0 heterocycles. The van der Waals surface area contributed by atoms with Crippen molar-refractivity contribution in [1.82, 2.24) is 0 Å². The van der Waals surface area contributed by atoms with E-state index in [1.54, 1.807) is 13.0 Å². The number of carbonyl (C=O) groups excluding carboxylic acids is 4. The smallest absolute Gasteiger partial charge is 0.462 e. The zero-order chi connectivity index (χ0) is 29.7. The van der Waals surface area contributed by atoms with Gasteiger partial charge in [0.05, 0.1) is 19.1 Å². The first kappa shape index (κ1) is 32.9. The van der Waals surface area contributed by atoms with Crippen molar-refractivity contribution in [2.75, 3.05) is 19.8 Å². The van der Waals surface area contributed by atoms with Crippen molar-refractivity contribution in [3.8, 4) is 11.5 Å². The molecule has 224 valence electrons. The van der Waals surface area contributed by atoms with Gasteiger partial charge in [0.15, 0.2) is 11.5 Å². The second-order valence-electron chi connectivity index (χ2n) is 10.9. The molecule has 1 aromatic carbocycles. The van der Waals surface area contributed by atoms with E-state index in [0.717, 1.165) is 32.1 Å². The van der Waals surface area contributed by atoms with Crippen LogP contribution in [0.2, 0.25) is 0 Å². The Morgan fingerprint density at radius 2 is 1.38 bits per heavy atom. The van der Waals surface area contributed by atoms with Crippen LogP contribution in [-0.4, -0.2) is 56.2 Å². The van der Waals surface area contributed by atoms with Gasteiger partial charge in [0.25, 0.3) is 0 Å². The van der Waals surface area contributed by atoms with E-state index in [9.17, 15) is 19.2 Å². The Morgan fingerprint density at radius 3 is 1.95 bits per heavy atom. The van der Waals surface area contributed by atoms with Crippen molar-refractivity contribution in [2.45, 2.75) is 85.3 Å². The summed E-state index contributed by atoms with van der Waals surface area (Å²) in [6.07, 6.45) is 2.22. The maximum Gasteiger partial charge on any atom is 0.513 e. The average molecular weight is 566 g/mol. The van der Waals surface area contributed by atoms with Crippen molar-refractivity contribution < 1.29 is 47.6 Å². The lowest BCUT2D eigenvalue weighted by atomic mass is 9.89. The summed E-state index contributed by atoms with van der Waals surface area (Å²) in [4.78, 5) is 49.1. The van der Waals surface area contributed by atoms with Crippen LogP contribution in [0.3, 0.4) is 0 Å². The summed E-state index contributed by atoms with van der Waals surface area (Å²) < 4.78 is 31.3. The topological polar surface area (TPSA) is 150 Å². The van der Waals surface area contributed by atoms with Gasteiger partial charge in [-0.25, -0.2) is 9.59 Å². The Morgan fingerprint density at radius 1 is 0.800 bits per heavy atom. The molecule has 2 N–H and O–H groups in total. The van der Waals surface area contributed by atoms with Gasteiger partial charge in [0.1, 0.15) is 18.8 Å². The number of rotatable bonds is 13. The summed E-state index contributed by atoms with van der Waals surface area (Å²) >= 11 is 0. The van der Waals surface area contributed by atoms with Crippen LogP contribution < -0.4 is 15.2 Å². The van der Waals surface area contributed by atoms with Gasteiger partial charge in [-0.2, -0.15) is 0 Å². The molecule has 1 saturated carbocycles. The Labute approximate surface area is 235 Å². The molecule has 0 radical (unpaired) electrons. The maximum absolute atomic E-state index is 12.6. The molecule has 0 spiro atoms. The first-order chi connectivity index (χ1) is 18.9. The molecule has 0 amide bonds. The highest BCUT2D eigenvalue weighted by atomic mass is 16.7. The third kappa shape index (κ3) is 12.2. The SMILES string of the molecule is CC(C)COC(=O)Oc1ccc(C[C@H](N)C(=O)O[C@@H](C)COC(=O)C2CCCCC2)cc1OC(=O)OCC(C)C. The Kier molecular flexibility index (Phi) is 13.7. The van der Waals surface area contributed by atoms with E-state index in [2.05, 4.69) is 0 Å². The van der Waals surface area contributed by atoms with Gasteiger partial charge in [0, 0.05) is 0 Å². The van der Waals surface area contributed by atoms with Crippen LogP contribution in [0.1, 0.15) is 72.3 Å². The fraction of sp³-hybridized carbons (Fsp3) is 0.655. The highest BCUT2D eigenvalue weighted by Gasteiger charge is 2.25. The first-order valence-electron chi connectivity index (χ1n) is 13.9. The molecule has 1 aliphatic rings. The van der Waals surface area contributed by atoms with E-state index in [1.807, 2.05) is 27.7 Å². The largest absolute Gasteiger partial charge is 0.513 e. The number of hydrogen-bond acceptors (Lipinski definition) is 11. The number of esters is 2. The summed E-state index contributed by atoms with van der Waals surface area (Å²) in [6, 6.07) is 3.34. The number of nitrogens with two attached hydrogens (primary N) is 1. The second kappa shape index (κ2) is 16.7. The number of hydrogen-bond donors (Lipinski definition) is 1. The van der Waals surface area contributed by atoms with E-state index in [4.69, 9.17) is 34.2 Å². The predicted molar refractivity (Wildman–Crippen MR) is 145 cm³/mol. The van der Waals surface area contributed by atoms with Gasteiger partial charge in [0.2, 0.25) is 0 Å². The molecule has 11 heteroatoms. The van der Waals surface area contributed by atoms with E-state index < -0.39 is 30.4 Å². The minimum absolute atomic E-state index is 0.0306. The van der Waals surface area contributed by atoms with E-state index in [0.29, 0.717) is 5.56 Å². The van der Waals surface area contributed by atoms with Gasteiger partial charge in [-0.3, -0.25) is 9.59 Å². The summed E-state index contributed by atoms with van der Waals surface area (Å²) in [7, 11) is 0. The average Bonchev–Trinajstić information content (AvgIpc) is 2.91. The van der Waals surface area contributed by atoms with Crippen molar-refractivity contribution in [1.29, 1.82) is 0 Å². The van der Waals surface area contributed by atoms with Crippen molar-refractivity contribution >= 4 is 24.2 Å². The number of ether oxygens (including phenoxy) is 6. The van der Waals surface area contributed by atoms with Crippen molar-refractivity contribution in [3.05, 3.63) is 23.8 Å². The van der Waals surface area contributed by atoms with Crippen molar-refractivity contribution in [3.63, 3.8) is 0 Å². The highest BCUT2D eigenvalue weighted by molar-refractivity contribution is 5.76. The third-order valence-corrected chi connectivity index (χ3v) is 5.94. The zero-order valence-corrected chi connectivity index (χ0v) is 24.1. The van der Waals surface area contributed by atoms with Crippen LogP contribution in [0.15, 0.2) is 18.2 Å². The van der Waals surface area contributed by atoms with Gasteiger partial charge in [-0.1, -0.05) is 53.0 Å². The van der Waals surface area contributed by atoms with E-state index in [1.165, 1.54) is 12.1 Å². The fourth-order valence-corrected chi connectivity index (χ4v) is 3.86. The molecule has 2 atom stereocenters. The predicted octanol–water partition coefficient (Wildman–Crippen LogP) is 4.95. The lowest BCUT2D eigenvalue weighted by molar-refractivity contribution is -0.161. The normalized spacial score (nSPS) is 15.2. The molecule has 40 heavy (non-hydrogen) atoms. The van der Waals surface area contributed by atoms with Crippen LogP contribution in [0.5, 0.6) is 11.5 Å². The van der Waals surface area contributed by atoms with Gasteiger partial charge < -0.3 is 34.2 Å². The Balaban J connectivity index is 1.98. The highest BCUT2D eigenvalue weighted by Crippen LogP contribution is 2.30. The van der Waals surface area contributed by atoms with Crippen LogP contribution in [0, 0.1) is 17.8 Å². The molecule has 1 aliphatic carbocycles. The monoisotopic (exact) mass is 565 g/mol. The fourth-order valence-electron chi connectivity index (χ4n) is 3.86. The van der Waals surface area contributed by atoms with Crippen LogP contribution in [0.4, 0.5) is 9.59 Å². The summed E-state index contributed by atoms with van der Waals surface area (Å²) in [5.74, 6) is -1.02. The minimum atomic E-state index is -1.06. The summed E-state index contributed by atoms with van der Waals surface area (Å²) in [5, 5.41) is 0. The van der Waals surface area contributed by atoms with E-state index >= 15 is 0 Å². The molecule has 0 aliphatic heterocycles. The van der Waals surface area contributed by atoms with Gasteiger partial charge >= 0.3 is 24.2 Å². The lowest BCUT2D eigenvalue weighted by Crippen LogP contribution is -2.37. The van der Waals surface area contributed by atoms with Crippen molar-refractivity contribution in [2.24, 2.45) is 23.5 Å². The molecule has 2 rings (SSSR count).